The van der Waals surface area contributed by atoms with Crippen molar-refractivity contribution in [3.8, 4) is 10.8 Å². The highest BCUT2D eigenvalue weighted by molar-refractivity contribution is 7.13. The lowest BCUT2D eigenvalue weighted by molar-refractivity contribution is -0.137. The number of pyridine rings is 1. The number of carbonyl (C=O) groups is 1. The smallest absolute Gasteiger partial charge is 0.402 e. The van der Waals surface area contributed by atoms with E-state index < -0.39 is 17.6 Å². The SMILES string of the molecule is O=C(Nc1nnc(-c2cccs2)o1)c1ccc(C(F)(F)F)cn1. The number of alkyl halides is 3. The van der Waals surface area contributed by atoms with E-state index in [9.17, 15) is 18.0 Å². The molecule has 23 heavy (non-hydrogen) atoms. The van der Waals surface area contributed by atoms with Gasteiger partial charge in [0.05, 0.1) is 10.4 Å². The molecule has 10 heteroatoms. The van der Waals surface area contributed by atoms with Gasteiger partial charge in [-0.2, -0.15) is 13.2 Å². The predicted octanol–water partition coefficient (Wildman–Crippen LogP) is 3.46. The van der Waals surface area contributed by atoms with Gasteiger partial charge in [-0.05, 0) is 23.6 Å². The molecule has 0 atom stereocenters. The van der Waals surface area contributed by atoms with Crippen LogP contribution in [0.1, 0.15) is 16.1 Å². The van der Waals surface area contributed by atoms with Crippen molar-refractivity contribution in [1.29, 1.82) is 0 Å². The largest absolute Gasteiger partial charge is 0.417 e. The van der Waals surface area contributed by atoms with Gasteiger partial charge in [0.15, 0.2) is 0 Å². The lowest BCUT2D eigenvalue weighted by atomic mass is 10.2. The first-order chi connectivity index (χ1) is 10.9. The van der Waals surface area contributed by atoms with Crippen molar-refractivity contribution in [1.82, 2.24) is 15.2 Å². The number of hydrogen-bond donors (Lipinski definition) is 1. The van der Waals surface area contributed by atoms with Crippen LogP contribution in [0.25, 0.3) is 10.8 Å². The van der Waals surface area contributed by atoms with Gasteiger partial charge in [-0.1, -0.05) is 11.2 Å². The molecule has 0 unspecified atom stereocenters. The Morgan fingerprint density at radius 3 is 2.65 bits per heavy atom. The highest BCUT2D eigenvalue weighted by atomic mass is 32.1. The number of anilines is 1. The fourth-order valence-corrected chi connectivity index (χ4v) is 2.27. The first-order valence-electron chi connectivity index (χ1n) is 6.15. The molecule has 1 amide bonds. The van der Waals surface area contributed by atoms with Crippen molar-refractivity contribution in [2.75, 3.05) is 5.32 Å². The molecule has 3 rings (SSSR count). The van der Waals surface area contributed by atoms with E-state index >= 15 is 0 Å². The van der Waals surface area contributed by atoms with Crippen molar-refractivity contribution in [2.45, 2.75) is 6.18 Å². The van der Waals surface area contributed by atoms with Crippen LogP contribution in [0.3, 0.4) is 0 Å². The first-order valence-corrected chi connectivity index (χ1v) is 7.03. The molecule has 1 N–H and O–H groups in total. The lowest BCUT2D eigenvalue weighted by Gasteiger charge is -2.06. The van der Waals surface area contributed by atoms with E-state index in [-0.39, 0.29) is 17.6 Å². The molecule has 0 bridgehead atoms. The van der Waals surface area contributed by atoms with Gasteiger partial charge in [-0.25, -0.2) is 0 Å². The number of thiophene rings is 1. The maximum absolute atomic E-state index is 12.4. The molecule has 0 fully saturated rings. The molecular weight excluding hydrogens is 333 g/mol. The monoisotopic (exact) mass is 340 g/mol. The van der Waals surface area contributed by atoms with E-state index in [2.05, 4.69) is 20.5 Å². The summed E-state index contributed by atoms with van der Waals surface area (Å²) in [6.07, 6.45) is -3.93. The average Bonchev–Trinajstić information content (AvgIpc) is 3.17. The second-order valence-electron chi connectivity index (χ2n) is 4.27. The first kappa shape index (κ1) is 15.2. The Morgan fingerprint density at radius 2 is 2.04 bits per heavy atom. The third kappa shape index (κ3) is 3.37. The number of halogens is 3. The Kier molecular flexibility index (Phi) is 3.82. The minimum atomic E-state index is -4.51. The quantitative estimate of drug-likeness (QED) is 0.790. The number of nitrogens with one attached hydrogen (secondary N) is 1. The van der Waals surface area contributed by atoms with Crippen LogP contribution in [0.2, 0.25) is 0 Å². The number of amides is 1. The second kappa shape index (κ2) is 5.80. The minimum Gasteiger partial charge on any atom is -0.402 e. The fraction of sp³-hybridized carbons (Fsp3) is 0.0769. The van der Waals surface area contributed by atoms with E-state index in [0.29, 0.717) is 6.20 Å². The summed E-state index contributed by atoms with van der Waals surface area (Å²) in [6, 6.07) is 5.14. The van der Waals surface area contributed by atoms with Crippen LogP contribution >= 0.6 is 11.3 Å². The van der Waals surface area contributed by atoms with E-state index in [4.69, 9.17) is 4.42 Å². The Morgan fingerprint density at radius 1 is 1.22 bits per heavy atom. The number of rotatable bonds is 3. The normalized spacial score (nSPS) is 11.4. The standard InChI is InChI=1S/C13H7F3N4O2S/c14-13(15,16)7-3-4-8(17-6-7)10(21)18-12-20-19-11(22-12)9-2-1-5-23-9/h1-6H,(H,18,20,21). The third-order valence-corrected chi connectivity index (χ3v) is 3.56. The van der Waals surface area contributed by atoms with Gasteiger partial charge in [-0.3, -0.25) is 15.1 Å². The summed E-state index contributed by atoms with van der Waals surface area (Å²) in [7, 11) is 0. The van der Waals surface area contributed by atoms with E-state index in [1.165, 1.54) is 11.3 Å². The maximum Gasteiger partial charge on any atom is 0.417 e. The molecule has 0 aliphatic heterocycles. The fourth-order valence-electron chi connectivity index (χ4n) is 1.63. The van der Waals surface area contributed by atoms with Gasteiger partial charge < -0.3 is 4.42 Å². The Bertz CT molecular complexity index is 813. The van der Waals surface area contributed by atoms with Crippen LogP contribution in [0.15, 0.2) is 40.3 Å². The molecule has 118 valence electrons. The molecule has 3 heterocycles. The molecule has 0 aliphatic carbocycles. The molecular formula is C13H7F3N4O2S. The zero-order valence-electron chi connectivity index (χ0n) is 11.2. The van der Waals surface area contributed by atoms with Crippen LogP contribution in [-0.4, -0.2) is 21.1 Å². The molecule has 3 aromatic rings. The van der Waals surface area contributed by atoms with Gasteiger partial charge >= 0.3 is 12.2 Å². The van der Waals surface area contributed by atoms with Crippen LogP contribution in [0.4, 0.5) is 19.2 Å². The molecule has 0 radical (unpaired) electrons. The van der Waals surface area contributed by atoms with Crippen LogP contribution in [-0.2, 0) is 6.18 Å². The summed E-state index contributed by atoms with van der Waals surface area (Å²) in [4.78, 5) is 16.1. The van der Waals surface area contributed by atoms with Gasteiger partial charge in [0.1, 0.15) is 5.69 Å². The lowest BCUT2D eigenvalue weighted by Crippen LogP contribution is -2.15. The highest BCUT2D eigenvalue weighted by Crippen LogP contribution is 2.28. The Labute approximate surface area is 131 Å². The number of aromatic nitrogens is 3. The summed E-state index contributed by atoms with van der Waals surface area (Å²) in [5.41, 5.74) is -1.14. The zero-order valence-corrected chi connectivity index (χ0v) is 12.0. The van der Waals surface area contributed by atoms with Gasteiger partial charge in [0, 0.05) is 6.20 Å². The van der Waals surface area contributed by atoms with E-state index in [0.717, 1.165) is 17.0 Å². The van der Waals surface area contributed by atoms with Crippen molar-refractivity contribution in [2.24, 2.45) is 0 Å². The van der Waals surface area contributed by atoms with Crippen LogP contribution in [0, 0.1) is 0 Å². The molecule has 0 spiro atoms. The summed E-state index contributed by atoms with van der Waals surface area (Å²) >= 11 is 1.38. The second-order valence-corrected chi connectivity index (χ2v) is 5.22. The number of carbonyl (C=O) groups excluding carboxylic acids is 1. The molecule has 0 saturated heterocycles. The highest BCUT2D eigenvalue weighted by Gasteiger charge is 2.31. The van der Waals surface area contributed by atoms with Crippen molar-refractivity contribution >= 4 is 23.3 Å². The topological polar surface area (TPSA) is 80.9 Å². The van der Waals surface area contributed by atoms with Gasteiger partial charge in [-0.15, -0.1) is 16.4 Å². The summed E-state index contributed by atoms with van der Waals surface area (Å²) < 4.78 is 42.5. The van der Waals surface area contributed by atoms with Gasteiger partial charge in [0.2, 0.25) is 0 Å². The molecule has 6 nitrogen and oxygen atoms in total. The molecule has 0 saturated carbocycles. The van der Waals surface area contributed by atoms with Crippen molar-refractivity contribution in [3.63, 3.8) is 0 Å². The Hall–Kier alpha value is -2.75. The Balaban J connectivity index is 1.72. The average molecular weight is 340 g/mol. The van der Waals surface area contributed by atoms with Crippen LogP contribution in [0.5, 0.6) is 0 Å². The van der Waals surface area contributed by atoms with Crippen molar-refractivity contribution < 1.29 is 22.4 Å². The number of nitrogens with zero attached hydrogens (tertiary/aromatic N) is 3. The van der Waals surface area contributed by atoms with E-state index in [1.54, 1.807) is 12.1 Å². The molecule has 3 aromatic heterocycles. The third-order valence-electron chi connectivity index (χ3n) is 2.70. The number of hydrogen-bond acceptors (Lipinski definition) is 6. The van der Waals surface area contributed by atoms with E-state index in [1.807, 2.05) is 5.38 Å². The van der Waals surface area contributed by atoms with Gasteiger partial charge in [0.25, 0.3) is 11.8 Å². The summed E-state index contributed by atoms with van der Waals surface area (Å²) in [5, 5.41) is 11.5. The summed E-state index contributed by atoms with van der Waals surface area (Å²) in [5.74, 6) is -0.518. The van der Waals surface area contributed by atoms with Crippen LogP contribution < -0.4 is 5.32 Å². The zero-order chi connectivity index (χ0) is 16.4. The minimum absolute atomic E-state index is 0.167. The maximum atomic E-state index is 12.4. The van der Waals surface area contributed by atoms with Crippen molar-refractivity contribution in [3.05, 3.63) is 47.1 Å². The summed E-state index contributed by atoms with van der Waals surface area (Å²) in [6.45, 7) is 0. The predicted molar refractivity (Wildman–Crippen MR) is 74.8 cm³/mol. The molecule has 0 aliphatic rings. The molecule has 0 aromatic carbocycles.